The molecule has 3 nitrogen and oxygen atoms in total. The Morgan fingerprint density at radius 2 is 2.36 bits per heavy atom. The first-order valence-electron chi connectivity index (χ1n) is 4.28. The van der Waals surface area contributed by atoms with Crippen LogP contribution in [0.3, 0.4) is 0 Å². The summed E-state index contributed by atoms with van der Waals surface area (Å²) in [6.07, 6.45) is 1.79. The van der Waals surface area contributed by atoms with Gasteiger partial charge in [-0.05, 0) is 25.3 Å². The van der Waals surface area contributed by atoms with Gasteiger partial charge >= 0.3 is 0 Å². The van der Waals surface area contributed by atoms with Crippen molar-refractivity contribution in [3.05, 3.63) is 33.6 Å². The first kappa shape index (κ1) is 9.15. The summed E-state index contributed by atoms with van der Waals surface area (Å²) < 4.78 is 5.05. The van der Waals surface area contributed by atoms with Crippen LogP contribution in [0.15, 0.2) is 27.0 Å². The van der Waals surface area contributed by atoms with Gasteiger partial charge in [0.05, 0.1) is 5.69 Å². The lowest BCUT2D eigenvalue weighted by atomic mass is 10.3. The highest BCUT2D eigenvalue weighted by molar-refractivity contribution is 7.11. The molecule has 4 heteroatoms. The fourth-order valence-electron chi connectivity index (χ4n) is 1.01. The van der Waals surface area contributed by atoms with Crippen LogP contribution >= 0.6 is 11.3 Å². The van der Waals surface area contributed by atoms with Crippen LogP contribution in [0.5, 0.6) is 0 Å². The Morgan fingerprint density at radius 3 is 2.93 bits per heavy atom. The van der Waals surface area contributed by atoms with Crippen molar-refractivity contribution in [3.63, 3.8) is 0 Å². The number of thiophene rings is 1. The number of aryl methyl sites for hydroxylation is 1. The van der Waals surface area contributed by atoms with Gasteiger partial charge in [-0.2, -0.15) is 0 Å². The third kappa shape index (κ3) is 1.75. The predicted molar refractivity (Wildman–Crippen MR) is 57.6 cm³/mol. The molecule has 72 valence electrons. The van der Waals surface area contributed by atoms with E-state index in [1.807, 2.05) is 31.4 Å². The van der Waals surface area contributed by atoms with Gasteiger partial charge < -0.3 is 4.52 Å². The smallest absolute Gasteiger partial charge is 0.253 e. The molecule has 2 aromatic heterocycles. The van der Waals surface area contributed by atoms with Gasteiger partial charge in [0.25, 0.3) is 5.88 Å². The van der Waals surface area contributed by atoms with E-state index >= 15 is 0 Å². The fourth-order valence-corrected chi connectivity index (χ4v) is 1.60. The summed E-state index contributed by atoms with van der Waals surface area (Å²) in [7, 11) is 0. The molecule has 0 bridgehead atoms. The number of rotatable bonds is 2. The molecule has 0 radical (unpaired) electrons. The lowest BCUT2D eigenvalue weighted by Crippen LogP contribution is -1.73. The molecule has 2 aromatic rings. The molecule has 0 saturated carbocycles. The van der Waals surface area contributed by atoms with Gasteiger partial charge in [0.1, 0.15) is 0 Å². The van der Waals surface area contributed by atoms with Crippen LogP contribution < -0.4 is 0 Å². The average molecular weight is 206 g/mol. The van der Waals surface area contributed by atoms with E-state index in [9.17, 15) is 0 Å². The Hall–Kier alpha value is -1.42. The van der Waals surface area contributed by atoms with Gasteiger partial charge in [-0.1, -0.05) is 11.2 Å². The standard InChI is InChI=1S/C10H10N2OS/c1-7-8(2)12-13-10(7)11-6-9-4-3-5-14-9/h3-6H,1-2H3. The van der Waals surface area contributed by atoms with Gasteiger partial charge in [0.15, 0.2) is 0 Å². The van der Waals surface area contributed by atoms with Crippen molar-refractivity contribution in [3.8, 4) is 0 Å². The minimum Gasteiger partial charge on any atom is -0.336 e. The Morgan fingerprint density at radius 1 is 1.50 bits per heavy atom. The fraction of sp³-hybridized carbons (Fsp3) is 0.200. The minimum absolute atomic E-state index is 0.593. The molecule has 0 aliphatic rings. The predicted octanol–water partition coefficient (Wildman–Crippen LogP) is 3.10. The van der Waals surface area contributed by atoms with E-state index in [1.165, 1.54) is 0 Å². The first-order valence-corrected chi connectivity index (χ1v) is 5.16. The van der Waals surface area contributed by atoms with Crippen molar-refractivity contribution in [2.24, 2.45) is 4.99 Å². The third-order valence-corrected chi connectivity index (χ3v) is 2.79. The van der Waals surface area contributed by atoms with Crippen LogP contribution in [0.25, 0.3) is 0 Å². The number of aliphatic imine (C=N–C) groups is 1. The largest absolute Gasteiger partial charge is 0.336 e. The Bertz CT molecular complexity index is 443. The molecule has 0 aliphatic heterocycles. The van der Waals surface area contributed by atoms with Crippen LogP contribution in [0.1, 0.15) is 16.1 Å². The van der Waals surface area contributed by atoms with E-state index in [0.717, 1.165) is 16.1 Å². The number of hydrogen-bond donors (Lipinski definition) is 0. The first-order chi connectivity index (χ1) is 6.77. The summed E-state index contributed by atoms with van der Waals surface area (Å²) in [5.41, 5.74) is 1.89. The van der Waals surface area contributed by atoms with Crippen molar-refractivity contribution in [2.45, 2.75) is 13.8 Å². The van der Waals surface area contributed by atoms with Gasteiger partial charge in [-0.3, -0.25) is 0 Å². The second-order valence-corrected chi connectivity index (χ2v) is 3.95. The summed E-state index contributed by atoms with van der Waals surface area (Å²) in [4.78, 5) is 5.34. The molecule has 0 fully saturated rings. The molecular weight excluding hydrogens is 196 g/mol. The lowest BCUT2D eigenvalue weighted by molar-refractivity contribution is 0.425. The highest BCUT2D eigenvalue weighted by Crippen LogP contribution is 2.20. The van der Waals surface area contributed by atoms with Crippen molar-refractivity contribution in [2.75, 3.05) is 0 Å². The van der Waals surface area contributed by atoms with Crippen molar-refractivity contribution in [1.82, 2.24) is 5.16 Å². The van der Waals surface area contributed by atoms with E-state index in [1.54, 1.807) is 17.6 Å². The molecule has 2 heterocycles. The summed E-state index contributed by atoms with van der Waals surface area (Å²) in [5, 5.41) is 5.84. The van der Waals surface area contributed by atoms with E-state index in [0.29, 0.717) is 5.88 Å². The summed E-state index contributed by atoms with van der Waals surface area (Å²) in [5.74, 6) is 0.593. The number of aromatic nitrogens is 1. The SMILES string of the molecule is Cc1noc(N=Cc2cccs2)c1C. The third-order valence-electron chi connectivity index (χ3n) is 1.98. The van der Waals surface area contributed by atoms with Crippen molar-refractivity contribution in [1.29, 1.82) is 0 Å². The van der Waals surface area contributed by atoms with Crippen LogP contribution in [0.4, 0.5) is 5.88 Å². The maximum atomic E-state index is 5.05. The van der Waals surface area contributed by atoms with Gasteiger partial charge in [0, 0.05) is 16.7 Å². The van der Waals surface area contributed by atoms with Gasteiger partial charge in [-0.15, -0.1) is 11.3 Å². The molecular formula is C10H10N2OS. The molecule has 0 amide bonds. The second kappa shape index (κ2) is 3.75. The van der Waals surface area contributed by atoms with Crippen LogP contribution in [0, 0.1) is 13.8 Å². The van der Waals surface area contributed by atoms with Crippen LogP contribution in [-0.4, -0.2) is 11.4 Å². The lowest BCUT2D eigenvalue weighted by Gasteiger charge is -1.86. The monoisotopic (exact) mass is 206 g/mol. The highest BCUT2D eigenvalue weighted by Gasteiger charge is 2.05. The zero-order valence-electron chi connectivity index (χ0n) is 8.02. The van der Waals surface area contributed by atoms with Crippen LogP contribution in [-0.2, 0) is 0 Å². The molecule has 0 spiro atoms. The summed E-state index contributed by atoms with van der Waals surface area (Å²) >= 11 is 1.64. The Kier molecular flexibility index (Phi) is 2.45. The van der Waals surface area contributed by atoms with Crippen molar-refractivity contribution >= 4 is 23.4 Å². The molecule has 2 rings (SSSR count). The summed E-state index contributed by atoms with van der Waals surface area (Å²) in [6, 6.07) is 4.00. The van der Waals surface area contributed by atoms with E-state index < -0.39 is 0 Å². The van der Waals surface area contributed by atoms with Crippen LogP contribution in [0.2, 0.25) is 0 Å². The molecule has 14 heavy (non-hydrogen) atoms. The number of nitrogens with zero attached hydrogens (tertiary/aromatic N) is 2. The molecule has 0 atom stereocenters. The second-order valence-electron chi connectivity index (χ2n) is 2.97. The quantitative estimate of drug-likeness (QED) is 0.708. The van der Waals surface area contributed by atoms with Gasteiger partial charge in [-0.25, -0.2) is 4.99 Å². The molecule has 0 saturated heterocycles. The van der Waals surface area contributed by atoms with E-state index in [4.69, 9.17) is 4.52 Å². The minimum atomic E-state index is 0.593. The van der Waals surface area contributed by atoms with E-state index in [2.05, 4.69) is 10.1 Å². The van der Waals surface area contributed by atoms with Crippen molar-refractivity contribution < 1.29 is 4.52 Å². The Labute approximate surface area is 86.1 Å². The summed E-state index contributed by atoms with van der Waals surface area (Å²) in [6.45, 7) is 3.86. The maximum absolute atomic E-state index is 5.05. The zero-order chi connectivity index (χ0) is 9.97. The highest BCUT2D eigenvalue weighted by atomic mass is 32.1. The maximum Gasteiger partial charge on any atom is 0.253 e. The normalized spacial score (nSPS) is 11.3. The average Bonchev–Trinajstić information content (AvgIpc) is 2.77. The molecule has 0 aliphatic carbocycles. The zero-order valence-corrected chi connectivity index (χ0v) is 8.84. The van der Waals surface area contributed by atoms with Gasteiger partial charge in [0.2, 0.25) is 0 Å². The Balaban J connectivity index is 2.23. The molecule has 0 unspecified atom stereocenters. The molecule has 0 N–H and O–H groups in total. The topological polar surface area (TPSA) is 38.4 Å². The van der Waals surface area contributed by atoms with E-state index in [-0.39, 0.29) is 0 Å². The number of hydrogen-bond acceptors (Lipinski definition) is 4. The molecule has 0 aromatic carbocycles.